The van der Waals surface area contributed by atoms with E-state index in [-0.39, 0.29) is 0 Å². The van der Waals surface area contributed by atoms with Crippen LogP contribution in [0.2, 0.25) is 0 Å². The van der Waals surface area contributed by atoms with Crippen molar-refractivity contribution in [2.24, 2.45) is 5.92 Å². The van der Waals surface area contributed by atoms with E-state index < -0.39 is 0 Å². The zero-order valence-corrected chi connectivity index (χ0v) is 9.83. The Morgan fingerprint density at radius 3 is 2.67 bits per heavy atom. The lowest BCUT2D eigenvalue weighted by atomic mass is 9.93. The lowest BCUT2D eigenvalue weighted by molar-refractivity contribution is 0.386. The van der Waals surface area contributed by atoms with Gasteiger partial charge in [0.15, 0.2) is 0 Å². The minimum atomic E-state index is 0.353. The van der Waals surface area contributed by atoms with E-state index in [1.54, 1.807) is 6.07 Å². The van der Waals surface area contributed by atoms with Crippen molar-refractivity contribution in [1.29, 1.82) is 0 Å². The fourth-order valence-electron chi connectivity index (χ4n) is 1.81. The lowest BCUT2D eigenvalue weighted by Crippen LogP contribution is -2.33. The van der Waals surface area contributed by atoms with Crippen LogP contribution in [0.3, 0.4) is 0 Å². The number of rotatable bonds is 5. The molecule has 0 amide bonds. The van der Waals surface area contributed by atoms with Crippen LogP contribution in [-0.2, 0) is 6.42 Å². The number of hydrogen-bond acceptors (Lipinski definition) is 2. The van der Waals surface area contributed by atoms with Gasteiger partial charge in [0.1, 0.15) is 5.75 Å². The van der Waals surface area contributed by atoms with Gasteiger partial charge in [-0.05, 0) is 37.1 Å². The monoisotopic (exact) mass is 207 g/mol. The molecule has 1 rings (SSSR count). The van der Waals surface area contributed by atoms with E-state index in [2.05, 4.69) is 25.2 Å². The highest BCUT2D eigenvalue weighted by atomic mass is 16.3. The summed E-state index contributed by atoms with van der Waals surface area (Å²) in [6.45, 7) is 4.46. The van der Waals surface area contributed by atoms with Crippen LogP contribution in [0.1, 0.15) is 25.8 Å². The third kappa shape index (κ3) is 3.56. The Morgan fingerprint density at radius 2 is 2.13 bits per heavy atom. The van der Waals surface area contributed by atoms with E-state index in [1.807, 2.05) is 19.2 Å². The summed E-state index contributed by atoms with van der Waals surface area (Å²) in [7, 11) is 2.00. The normalized spacial score (nSPS) is 14.9. The zero-order valence-electron chi connectivity index (χ0n) is 9.83. The second-order valence-electron chi connectivity index (χ2n) is 4.15. The van der Waals surface area contributed by atoms with Gasteiger partial charge in [0.2, 0.25) is 0 Å². The molecule has 0 aliphatic heterocycles. The average Bonchev–Trinajstić information content (AvgIpc) is 2.25. The molecule has 84 valence electrons. The van der Waals surface area contributed by atoms with Crippen LogP contribution in [0, 0.1) is 5.92 Å². The van der Waals surface area contributed by atoms with Crippen molar-refractivity contribution in [2.45, 2.75) is 32.7 Å². The molecule has 2 atom stereocenters. The standard InChI is InChI=1S/C13H21NO/c1-4-10(2)13(14-3)9-11-6-5-7-12(15)8-11/h5-8,10,13-15H,4,9H2,1-3H3. The number of likely N-dealkylation sites (N-methyl/N-ethyl adjacent to an activating group) is 1. The lowest BCUT2D eigenvalue weighted by Gasteiger charge is -2.22. The Bertz CT molecular complexity index is 298. The highest BCUT2D eigenvalue weighted by molar-refractivity contribution is 5.27. The van der Waals surface area contributed by atoms with E-state index >= 15 is 0 Å². The molecule has 2 heteroatoms. The summed E-state index contributed by atoms with van der Waals surface area (Å²) in [5, 5.41) is 12.7. The van der Waals surface area contributed by atoms with E-state index in [4.69, 9.17) is 0 Å². The molecule has 0 aliphatic rings. The van der Waals surface area contributed by atoms with Crippen molar-refractivity contribution >= 4 is 0 Å². The maximum atomic E-state index is 9.37. The third-order valence-corrected chi connectivity index (χ3v) is 3.07. The molecule has 0 spiro atoms. The molecule has 0 heterocycles. The number of hydrogen-bond donors (Lipinski definition) is 2. The predicted octanol–water partition coefficient (Wildman–Crippen LogP) is 2.57. The van der Waals surface area contributed by atoms with Crippen molar-refractivity contribution in [3.05, 3.63) is 29.8 Å². The molecule has 0 radical (unpaired) electrons. The molecular weight excluding hydrogens is 186 g/mol. The molecular formula is C13H21NO. The van der Waals surface area contributed by atoms with E-state index in [1.165, 1.54) is 12.0 Å². The van der Waals surface area contributed by atoms with Crippen molar-refractivity contribution in [3.63, 3.8) is 0 Å². The first-order chi connectivity index (χ1) is 7.17. The van der Waals surface area contributed by atoms with Gasteiger partial charge in [0, 0.05) is 6.04 Å². The second kappa shape index (κ2) is 5.76. The largest absolute Gasteiger partial charge is 0.508 e. The summed E-state index contributed by atoms with van der Waals surface area (Å²) in [4.78, 5) is 0. The Morgan fingerprint density at radius 1 is 1.40 bits per heavy atom. The molecule has 0 bridgehead atoms. The molecule has 1 aromatic carbocycles. The Balaban J connectivity index is 2.66. The summed E-state index contributed by atoms with van der Waals surface area (Å²) in [6, 6.07) is 7.99. The van der Waals surface area contributed by atoms with Crippen LogP contribution in [0.5, 0.6) is 5.75 Å². The molecule has 2 N–H and O–H groups in total. The second-order valence-corrected chi connectivity index (χ2v) is 4.15. The number of phenolic OH excluding ortho intramolecular Hbond substituents is 1. The highest BCUT2D eigenvalue weighted by Gasteiger charge is 2.13. The fourth-order valence-corrected chi connectivity index (χ4v) is 1.81. The Labute approximate surface area is 92.3 Å². The third-order valence-electron chi connectivity index (χ3n) is 3.07. The van der Waals surface area contributed by atoms with Crippen LogP contribution in [0.15, 0.2) is 24.3 Å². The first-order valence-corrected chi connectivity index (χ1v) is 5.62. The first kappa shape index (κ1) is 12.1. The van der Waals surface area contributed by atoms with Gasteiger partial charge in [-0.3, -0.25) is 0 Å². The van der Waals surface area contributed by atoms with Crippen LogP contribution in [0.25, 0.3) is 0 Å². The number of nitrogens with one attached hydrogen (secondary N) is 1. The highest BCUT2D eigenvalue weighted by Crippen LogP contribution is 2.16. The zero-order chi connectivity index (χ0) is 11.3. The van der Waals surface area contributed by atoms with Gasteiger partial charge in [0.05, 0.1) is 0 Å². The quantitative estimate of drug-likeness (QED) is 0.777. The van der Waals surface area contributed by atoms with Gasteiger partial charge in [-0.1, -0.05) is 32.4 Å². The average molecular weight is 207 g/mol. The van der Waals surface area contributed by atoms with Crippen molar-refractivity contribution in [3.8, 4) is 5.75 Å². The van der Waals surface area contributed by atoms with Gasteiger partial charge in [-0.15, -0.1) is 0 Å². The maximum absolute atomic E-state index is 9.37. The molecule has 0 aliphatic carbocycles. The maximum Gasteiger partial charge on any atom is 0.115 e. The van der Waals surface area contributed by atoms with Crippen LogP contribution >= 0.6 is 0 Å². The van der Waals surface area contributed by atoms with Gasteiger partial charge in [-0.25, -0.2) is 0 Å². The molecule has 0 fully saturated rings. The molecule has 2 nitrogen and oxygen atoms in total. The number of aromatic hydroxyl groups is 1. The summed E-state index contributed by atoms with van der Waals surface area (Å²) < 4.78 is 0. The minimum Gasteiger partial charge on any atom is -0.508 e. The van der Waals surface area contributed by atoms with Crippen molar-refractivity contribution < 1.29 is 5.11 Å². The van der Waals surface area contributed by atoms with Gasteiger partial charge >= 0.3 is 0 Å². The molecule has 0 saturated heterocycles. The summed E-state index contributed by atoms with van der Waals surface area (Å²) in [5.41, 5.74) is 1.19. The van der Waals surface area contributed by atoms with Gasteiger partial charge in [-0.2, -0.15) is 0 Å². The predicted molar refractivity (Wildman–Crippen MR) is 64.1 cm³/mol. The molecule has 1 aromatic rings. The van der Waals surface area contributed by atoms with Crippen molar-refractivity contribution in [1.82, 2.24) is 5.32 Å². The van der Waals surface area contributed by atoms with Crippen molar-refractivity contribution in [2.75, 3.05) is 7.05 Å². The first-order valence-electron chi connectivity index (χ1n) is 5.62. The van der Waals surface area contributed by atoms with Gasteiger partial charge < -0.3 is 10.4 Å². The van der Waals surface area contributed by atoms with Crippen LogP contribution in [0.4, 0.5) is 0 Å². The van der Waals surface area contributed by atoms with Crippen LogP contribution in [-0.4, -0.2) is 18.2 Å². The molecule has 2 unspecified atom stereocenters. The fraction of sp³-hybridized carbons (Fsp3) is 0.538. The molecule has 0 aromatic heterocycles. The van der Waals surface area contributed by atoms with Crippen LogP contribution < -0.4 is 5.32 Å². The summed E-state index contributed by atoms with van der Waals surface area (Å²) in [5.74, 6) is 1.00. The molecule has 0 saturated carbocycles. The Hall–Kier alpha value is -1.02. The van der Waals surface area contributed by atoms with Gasteiger partial charge in [0.25, 0.3) is 0 Å². The van der Waals surface area contributed by atoms with E-state index in [9.17, 15) is 5.11 Å². The van der Waals surface area contributed by atoms with E-state index in [0.717, 1.165) is 6.42 Å². The molecule has 15 heavy (non-hydrogen) atoms. The minimum absolute atomic E-state index is 0.353. The number of phenols is 1. The summed E-state index contributed by atoms with van der Waals surface area (Å²) in [6.07, 6.45) is 2.14. The number of benzene rings is 1. The topological polar surface area (TPSA) is 32.3 Å². The SMILES string of the molecule is CCC(C)C(Cc1cccc(O)c1)NC. The smallest absolute Gasteiger partial charge is 0.115 e. The van der Waals surface area contributed by atoms with E-state index in [0.29, 0.717) is 17.7 Å². The summed E-state index contributed by atoms with van der Waals surface area (Å²) >= 11 is 0. The Kier molecular flexibility index (Phi) is 4.63.